The summed E-state index contributed by atoms with van der Waals surface area (Å²) in [6.45, 7) is 4.05. The number of carbonyl (C=O) groups excluding carboxylic acids is 1. The molecule has 0 bridgehead atoms. The van der Waals surface area contributed by atoms with Crippen molar-refractivity contribution in [1.29, 1.82) is 0 Å². The monoisotopic (exact) mass is 316 g/mol. The van der Waals surface area contributed by atoms with Gasteiger partial charge in [-0.3, -0.25) is 14.7 Å². The van der Waals surface area contributed by atoms with Gasteiger partial charge >= 0.3 is 0 Å². The minimum absolute atomic E-state index is 0.0187. The highest BCUT2D eigenvalue weighted by Crippen LogP contribution is 2.12. The molecular formula is C16H17ClN4O. The molecular weight excluding hydrogens is 300 g/mol. The molecule has 0 spiro atoms. The number of pyridine rings is 2. The molecule has 1 amide bonds. The van der Waals surface area contributed by atoms with Crippen LogP contribution >= 0.6 is 11.6 Å². The fraction of sp³-hybridized carbons (Fsp3) is 0.312. The molecule has 3 heterocycles. The first kappa shape index (κ1) is 14.9. The molecule has 6 heteroatoms. The van der Waals surface area contributed by atoms with E-state index < -0.39 is 0 Å². The van der Waals surface area contributed by atoms with Gasteiger partial charge in [0, 0.05) is 51.3 Å². The molecule has 5 nitrogen and oxygen atoms in total. The lowest BCUT2D eigenvalue weighted by molar-refractivity contribution is 0.0628. The van der Waals surface area contributed by atoms with Gasteiger partial charge in [0.2, 0.25) is 0 Å². The van der Waals surface area contributed by atoms with Gasteiger partial charge in [0.15, 0.2) is 0 Å². The molecule has 2 aromatic rings. The Morgan fingerprint density at radius 1 is 1.14 bits per heavy atom. The molecule has 1 saturated heterocycles. The average Bonchev–Trinajstić information content (AvgIpc) is 2.57. The van der Waals surface area contributed by atoms with Crippen LogP contribution in [0.5, 0.6) is 0 Å². The van der Waals surface area contributed by atoms with E-state index in [4.69, 9.17) is 11.6 Å². The van der Waals surface area contributed by atoms with Gasteiger partial charge in [0.1, 0.15) is 5.15 Å². The van der Waals surface area contributed by atoms with Gasteiger partial charge in [0.05, 0.1) is 5.56 Å². The standard InChI is InChI=1S/C16H17ClN4O/c17-15-4-3-14(11-19-15)16(22)21-8-6-20(7-9-21)12-13-2-1-5-18-10-13/h1-5,10-11H,6-9,12H2. The summed E-state index contributed by atoms with van der Waals surface area (Å²) >= 11 is 5.75. The highest BCUT2D eigenvalue weighted by molar-refractivity contribution is 6.29. The third kappa shape index (κ3) is 3.61. The van der Waals surface area contributed by atoms with Crippen molar-refractivity contribution in [1.82, 2.24) is 19.8 Å². The Morgan fingerprint density at radius 2 is 1.95 bits per heavy atom. The maximum Gasteiger partial charge on any atom is 0.255 e. The zero-order chi connectivity index (χ0) is 15.4. The fourth-order valence-corrected chi connectivity index (χ4v) is 2.66. The maximum absolute atomic E-state index is 12.4. The molecule has 114 valence electrons. The molecule has 0 radical (unpaired) electrons. The Morgan fingerprint density at radius 3 is 2.59 bits per heavy atom. The van der Waals surface area contributed by atoms with E-state index in [0.717, 1.165) is 32.7 Å². The van der Waals surface area contributed by atoms with E-state index >= 15 is 0 Å². The number of carbonyl (C=O) groups is 1. The quantitative estimate of drug-likeness (QED) is 0.814. The second-order valence-electron chi connectivity index (χ2n) is 5.30. The number of nitrogens with zero attached hydrogens (tertiary/aromatic N) is 4. The number of hydrogen-bond donors (Lipinski definition) is 0. The maximum atomic E-state index is 12.4. The molecule has 1 aliphatic rings. The van der Waals surface area contributed by atoms with Gasteiger partial charge in [-0.1, -0.05) is 17.7 Å². The average molecular weight is 317 g/mol. The zero-order valence-electron chi connectivity index (χ0n) is 12.2. The summed E-state index contributed by atoms with van der Waals surface area (Å²) in [6, 6.07) is 7.39. The Bertz CT molecular complexity index is 624. The Kier molecular flexibility index (Phi) is 4.65. The van der Waals surface area contributed by atoms with Gasteiger partial charge in [-0.25, -0.2) is 4.98 Å². The summed E-state index contributed by atoms with van der Waals surface area (Å²) in [5.41, 5.74) is 1.79. The van der Waals surface area contributed by atoms with E-state index in [2.05, 4.69) is 20.9 Å². The molecule has 22 heavy (non-hydrogen) atoms. The number of rotatable bonds is 3. The fourth-order valence-electron chi connectivity index (χ4n) is 2.54. The first-order chi connectivity index (χ1) is 10.7. The van der Waals surface area contributed by atoms with Crippen LogP contribution in [0.25, 0.3) is 0 Å². The van der Waals surface area contributed by atoms with Gasteiger partial charge in [-0.15, -0.1) is 0 Å². The number of amides is 1. The second-order valence-corrected chi connectivity index (χ2v) is 5.69. The Hall–Kier alpha value is -1.98. The van der Waals surface area contributed by atoms with E-state index in [1.165, 1.54) is 11.8 Å². The predicted molar refractivity (Wildman–Crippen MR) is 84.7 cm³/mol. The largest absolute Gasteiger partial charge is 0.336 e. The van der Waals surface area contributed by atoms with Crippen LogP contribution in [0, 0.1) is 0 Å². The second kappa shape index (κ2) is 6.85. The van der Waals surface area contributed by atoms with E-state index in [1.807, 2.05) is 17.2 Å². The van der Waals surface area contributed by atoms with Crippen LogP contribution in [0.4, 0.5) is 0 Å². The van der Waals surface area contributed by atoms with Crippen LogP contribution in [0.3, 0.4) is 0 Å². The van der Waals surface area contributed by atoms with Gasteiger partial charge in [0.25, 0.3) is 5.91 Å². The normalized spacial score (nSPS) is 15.8. The van der Waals surface area contributed by atoms with Crippen molar-refractivity contribution < 1.29 is 4.79 Å². The van der Waals surface area contributed by atoms with Crippen LogP contribution in [0.15, 0.2) is 42.9 Å². The van der Waals surface area contributed by atoms with Crippen molar-refractivity contribution in [2.24, 2.45) is 0 Å². The molecule has 1 fully saturated rings. The zero-order valence-corrected chi connectivity index (χ0v) is 12.9. The van der Waals surface area contributed by atoms with E-state index in [9.17, 15) is 4.79 Å². The minimum Gasteiger partial charge on any atom is -0.336 e. The molecule has 0 N–H and O–H groups in total. The van der Waals surface area contributed by atoms with Gasteiger partial charge in [-0.2, -0.15) is 0 Å². The molecule has 0 aliphatic carbocycles. The van der Waals surface area contributed by atoms with E-state index in [-0.39, 0.29) is 5.91 Å². The highest BCUT2D eigenvalue weighted by atomic mass is 35.5. The molecule has 0 unspecified atom stereocenters. The van der Waals surface area contributed by atoms with Crippen LogP contribution in [0.2, 0.25) is 5.15 Å². The highest BCUT2D eigenvalue weighted by Gasteiger charge is 2.22. The molecule has 0 aromatic carbocycles. The van der Waals surface area contributed by atoms with Crippen molar-refractivity contribution in [3.05, 3.63) is 59.1 Å². The van der Waals surface area contributed by atoms with E-state index in [0.29, 0.717) is 10.7 Å². The SMILES string of the molecule is O=C(c1ccc(Cl)nc1)N1CCN(Cc2cccnc2)CC1. The lowest BCUT2D eigenvalue weighted by Crippen LogP contribution is -2.48. The van der Waals surface area contributed by atoms with Crippen LogP contribution in [-0.4, -0.2) is 51.9 Å². The summed E-state index contributed by atoms with van der Waals surface area (Å²) in [5.74, 6) is 0.0187. The first-order valence-electron chi connectivity index (χ1n) is 7.24. The van der Waals surface area contributed by atoms with Crippen molar-refractivity contribution in [2.75, 3.05) is 26.2 Å². The van der Waals surface area contributed by atoms with Crippen LogP contribution < -0.4 is 0 Å². The van der Waals surface area contributed by atoms with Gasteiger partial charge in [-0.05, 0) is 23.8 Å². The summed E-state index contributed by atoms with van der Waals surface area (Å²) in [5, 5.41) is 0.401. The molecule has 3 rings (SSSR count). The lowest BCUT2D eigenvalue weighted by atomic mass is 10.2. The number of halogens is 1. The third-order valence-electron chi connectivity index (χ3n) is 3.76. The van der Waals surface area contributed by atoms with Crippen molar-refractivity contribution in [3.63, 3.8) is 0 Å². The molecule has 0 saturated carbocycles. The summed E-state index contributed by atoms with van der Waals surface area (Å²) < 4.78 is 0. The van der Waals surface area contributed by atoms with Crippen molar-refractivity contribution >= 4 is 17.5 Å². The van der Waals surface area contributed by atoms with Gasteiger partial charge < -0.3 is 4.90 Å². The van der Waals surface area contributed by atoms with Crippen LogP contribution in [-0.2, 0) is 6.54 Å². The summed E-state index contributed by atoms with van der Waals surface area (Å²) in [6.07, 6.45) is 5.20. The number of aromatic nitrogens is 2. The Balaban J connectivity index is 1.55. The summed E-state index contributed by atoms with van der Waals surface area (Å²) in [4.78, 5) is 24.7. The molecule has 0 atom stereocenters. The topological polar surface area (TPSA) is 49.3 Å². The first-order valence-corrected chi connectivity index (χ1v) is 7.62. The van der Waals surface area contributed by atoms with Crippen molar-refractivity contribution in [2.45, 2.75) is 6.54 Å². The van der Waals surface area contributed by atoms with E-state index in [1.54, 1.807) is 18.3 Å². The van der Waals surface area contributed by atoms with Crippen LogP contribution in [0.1, 0.15) is 15.9 Å². The molecule has 1 aliphatic heterocycles. The molecule has 2 aromatic heterocycles. The van der Waals surface area contributed by atoms with Crippen molar-refractivity contribution in [3.8, 4) is 0 Å². The summed E-state index contributed by atoms with van der Waals surface area (Å²) in [7, 11) is 0. The number of piperazine rings is 1. The predicted octanol–water partition coefficient (Wildman–Crippen LogP) is 2.09. The number of hydrogen-bond acceptors (Lipinski definition) is 4. The third-order valence-corrected chi connectivity index (χ3v) is 3.99. The minimum atomic E-state index is 0.0187. The lowest BCUT2D eigenvalue weighted by Gasteiger charge is -2.34. The Labute approximate surface area is 134 Å². The smallest absolute Gasteiger partial charge is 0.255 e.